The van der Waals surface area contributed by atoms with Crippen LogP contribution in [-0.4, -0.2) is 225 Å². The molecule has 0 saturated carbocycles. The molecule has 0 radical (unpaired) electrons. The SMILES string of the molecule is CC(C)C[C@H](NC(=O)[C@H](CC(C)C)NC(=O)[C@@H](N)CS)C(=O)N[C@@H](CC(N)=O)C(=O)N[C@@H](CC(N)=O)C(=O)N[C@@H](Cc1ccccc1)C(=O)N[C@@H](Cc1ccc(O)cc1)C(=O)N1CCC[C@H]1C(=O)N[C@@H](CCCN=C(N)N)C(=O)N[C@@H](CCC(=O)O)C(=O)N[C@@H](C)C(=O)N[C@@H](CCCCN)C(=O)N[C@H](C(=O)O)C(C)C. The van der Waals surface area contributed by atoms with Crippen LogP contribution in [0.1, 0.15) is 143 Å². The van der Waals surface area contributed by atoms with Gasteiger partial charge in [-0.2, -0.15) is 12.6 Å². The number of unbranched alkanes of at least 4 members (excludes halogenated alkanes) is 1. The summed E-state index contributed by atoms with van der Waals surface area (Å²) in [6, 6.07) is -5.94. The van der Waals surface area contributed by atoms with E-state index in [1.54, 1.807) is 71.9 Å². The molecule has 14 amide bonds. The van der Waals surface area contributed by atoms with Crippen LogP contribution in [0.5, 0.6) is 5.75 Å². The first-order valence-electron chi connectivity index (χ1n) is 36.3. The van der Waals surface area contributed by atoms with Crippen molar-refractivity contribution in [3.05, 3.63) is 65.7 Å². The monoisotopic (exact) mass is 1570 g/mol. The molecule has 0 spiro atoms. The first kappa shape index (κ1) is 93.5. The van der Waals surface area contributed by atoms with Crippen molar-refractivity contribution >= 4 is 113 Å². The van der Waals surface area contributed by atoms with Crippen LogP contribution >= 0.6 is 12.6 Å². The molecule has 0 bridgehead atoms. The number of phenols is 1. The molecule has 3 rings (SSSR count). The summed E-state index contributed by atoms with van der Waals surface area (Å²) in [6.07, 6.45) is -2.98. The Morgan fingerprint density at radius 3 is 1.45 bits per heavy atom. The number of aliphatic imine (C=N–C) groups is 1. The van der Waals surface area contributed by atoms with E-state index in [-0.39, 0.29) is 107 Å². The van der Waals surface area contributed by atoms with Crippen molar-refractivity contribution < 1.29 is 92.0 Å². The number of aliphatic carboxylic acids is 2. The van der Waals surface area contributed by atoms with Crippen LogP contribution in [0.15, 0.2) is 59.6 Å². The molecule has 110 heavy (non-hydrogen) atoms. The normalized spacial score (nSPS) is 15.8. The highest BCUT2D eigenvalue weighted by Gasteiger charge is 2.42. The lowest BCUT2D eigenvalue weighted by Crippen LogP contribution is -2.61. The van der Waals surface area contributed by atoms with Crippen molar-refractivity contribution in [3.63, 3.8) is 0 Å². The van der Waals surface area contributed by atoms with Gasteiger partial charge in [-0.1, -0.05) is 84.0 Å². The lowest BCUT2D eigenvalue weighted by Gasteiger charge is -2.31. The second-order valence-corrected chi connectivity index (χ2v) is 28.5. The summed E-state index contributed by atoms with van der Waals surface area (Å²) >= 11 is 4.05. The zero-order valence-corrected chi connectivity index (χ0v) is 63.9. The number of aromatic hydroxyl groups is 1. The van der Waals surface area contributed by atoms with E-state index in [9.17, 15) is 82.4 Å². The van der Waals surface area contributed by atoms with Crippen LogP contribution in [-0.2, 0) is 89.6 Å². The molecular weight excluding hydrogens is 1450 g/mol. The van der Waals surface area contributed by atoms with Gasteiger partial charge in [-0.25, -0.2) is 4.79 Å². The van der Waals surface area contributed by atoms with Crippen molar-refractivity contribution in [2.45, 2.75) is 223 Å². The van der Waals surface area contributed by atoms with Crippen LogP contribution in [0.25, 0.3) is 0 Å². The number of carbonyl (C=O) groups excluding carboxylic acids is 14. The first-order chi connectivity index (χ1) is 51.7. The average Bonchev–Trinajstić information content (AvgIpc) is 1.58. The molecule has 0 aromatic heterocycles. The Morgan fingerprint density at radius 2 is 0.945 bits per heavy atom. The fourth-order valence-corrected chi connectivity index (χ4v) is 11.8. The summed E-state index contributed by atoms with van der Waals surface area (Å²) in [5.74, 6) is -18.2. The Labute approximate surface area is 643 Å². The maximum atomic E-state index is 15.3. The van der Waals surface area contributed by atoms with Crippen LogP contribution in [0.3, 0.4) is 0 Å². The molecule has 1 saturated heterocycles. The number of benzene rings is 2. The van der Waals surface area contributed by atoms with E-state index in [4.69, 9.17) is 34.4 Å². The van der Waals surface area contributed by atoms with Crippen molar-refractivity contribution in [3.8, 4) is 5.75 Å². The Hall–Kier alpha value is -10.7. The summed E-state index contributed by atoms with van der Waals surface area (Å²) in [4.78, 5) is 225. The molecule has 2 aromatic rings. The Kier molecular flexibility index (Phi) is 40.2. The minimum atomic E-state index is -1.95. The van der Waals surface area contributed by atoms with E-state index < -0.39 is 205 Å². The van der Waals surface area contributed by atoms with Gasteiger partial charge >= 0.3 is 11.9 Å². The van der Waals surface area contributed by atoms with Crippen molar-refractivity contribution in [2.75, 3.05) is 25.4 Å². The third-order valence-corrected chi connectivity index (χ3v) is 17.8. The Bertz CT molecular complexity index is 3530. The predicted molar refractivity (Wildman–Crippen MR) is 404 cm³/mol. The van der Waals surface area contributed by atoms with Gasteiger partial charge < -0.3 is 113 Å². The molecular formula is C71H111N19O19S. The largest absolute Gasteiger partial charge is 0.508 e. The number of nitrogens with two attached hydrogens (primary N) is 6. The summed E-state index contributed by atoms with van der Waals surface area (Å²) in [7, 11) is 0. The van der Waals surface area contributed by atoms with Gasteiger partial charge in [-0.3, -0.25) is 76.9 Å². The van der Waals surface area contributed by atoms with Crippen molar-refractivity contribution in [1.82, 2.24) is 63.4 Å². The number of hydrogen-bond donors (Lipinski definition) is 21. The van der Waals surface area contributed by atoms with E-state index in [1.165, 1.54) is 31.2 Å². The van der Waals surface area contributed by atoms with Crippen molar-refractivity contribution in [1.29, 1.82) is 0 Å². The number of thiol groups is 1. The van der Waals surface area contributed by atoms with Gasteiger partial charge in [0, 0.05) is 38.1 Å². The van der Waals surface area contributed by atoms with Gasteiger partial charge in [0.2, 0.25) is 82.7 Å². The van der Waals surface area contributed by atoms with Crippen LogP contribution in [0.4, 0.5) is 0 Å². The van der Waals surface area contributed by atoms with Crippen molar-refractivity contribution in [2.24, 2.45) is 57.1 Å². The van der Waals surface area contributed by atoms with Gasteiger partial charge in [0.1, 0.15) is 78.3 Å². The molecule has 0 unspecified atom stereocenters. The van der Waals surface area contributed by atoms with E-state index >= 15 is 9.59 Å². The lowest BCUT2D eigenvalue weighted by molar-refractivity contribution is -0.143. The number of guanidine groups is 1. The number of rotatable bonds is 49. The van der Waals surface area contributed by atoms with Gasteiger partial charge in [-0.05, 0) is 119 Å². The van der Waals surface area contributed by atoms with Crippen LogP contribution in [0, 0.1) is 17.8 Å². The van der Waals surface area contributed by atoms with E-state index in [2.05, 4.69) is 76.1 Å². The van der Waals surface area contributed by atoms with E-state index in [1.807, 2.05) is 0 Å². The number of carboxylic acid groups (broad SMARTS) is 2. The molecule has 13 atom stereocenters. The Balaban J connectivity index is 2.04. The molecule has 610 valence electrons. The fraction of sp³-hybridized carbons (Fsp3) is 0.592. The van der Waals surface area contributed by atoms with Gasteiger partial charge in [-0.15, -0.1) is 0 Å². The number of primary amides is 2. The molecule has 1 aliphatic rings. The van der Waals surface area contributed by atoms with Crippen LogP contribution in [0.2, 0.25) is 0 Å². The molecule has 0 aliphatic carbocycles. The van der Waals surface area contributed by atoms with E-state index in [0.29, 0.717) is 24.0 Å². The highest BCUT2D eigenvalue weighted by molar-refractivity contribution is 7.80. The quantitative estimate of drug-likeness (QED) is 0.0128. The minimum Gasteiger partial charge on any atom is -0.508 e. The highest BCUT2D eigenvalue weighted by atomic mass is 32.1. The zero-order valence-electron chi connectivity index (χ0n) is 63.0. The van der Waals surface area contributed by atoms with E-state index in [0.717, 1.165) is 4.90 Å². The molecule has 38 nitrogen and oxygen atoms in total. The number of carbonyl (C=O) groups is 16. The summed E-state index contributed by atoms with van der Waals surface area (Å²) < 4.78 is 0. The standard InChI is InChI=1S/C71H111N19O19S/c1-36(2)29-47(83-59(97)43(73)35-110)63(101)84-48(30-37(3)4)64(102)86-51(34-55(75)93)67(105)87-50(33-54(74)92)66(104)85-49(31-40-15-9-8-10-16-40)65(103)88-52(32-41-20-22-42(91)23-21-41)69(107)90-28-14-19-53(90)68(106)82-45(18-13-27-78-71(76)77)61(99)81-46(24-25-56(94)95)60(98)79-39(7)58(96)80-44(17-11-12-26-72)62(100)89-57(38(5)6)70(108)109/h8-10,15-16,20-23,36-39,43-53,57,91,110H,11-14,17-19,24-35,72-73H2,1-7H3,(H2,74,92)(H2,75,93)(H,79,98)(H,80,96)(H,81,99)(H,82,106)(H,83,97)(H,84,101)(H,85,104)(H,86,102)(H,87,105)(H,88,103)(H,89,100)(H,94,95)(H,108,109)(H4,76,77,78)/t39-,43-,44-,45-,46-,47-,48-,49-,50-,51-,52-,53-,57-/m0/s1. The number of carboxylic acids is 2. The van der Waals surface area contributed by atoms with Crippen LogP contribution < -0.4 is 92.9 Å². The third-order valence-electron chi connectivity index (χ3n) is 17.5. The number of amides is 14. The first-order valence-corrected chi connectivity index (χ1v) is 37.0. The van der Waals surface area contributed by atoms with Gasteiger partial charge in [0.05, 0.1) is 18.9 Å². The topological polar surface area (TPSA) is 638 Å². The number of hydrogen-bond acceptors (Lipinski definition) is 21. The summed E-state index contributed by atoms with van der Waals surface area (Å²) in [5.41, 5.74) is 34.6. The molecule has 1 fully saturated rings. The molecule has 1 heterocycles. The number of nitrogens with zero attached hydrogens (tertiary/aromatic N) is 2. The predicted octanol–water partition coefficient (Wildman–Crippen LogP) is -4.59. The number of likely N-dealkylation sites (tertiary alicyclic amines) is 1. The molecule has 2 aromatic carbocycles. The molecule has 39 heteroatoms. The smallest absolute Gasteiger partial charge is 0.326 e. The lowest BCUT2D eigenvalue weighted by atomic mass is 9.99. The number of phenolic OH excluding ortho intramolecular Hbond substituents is 1. The molecule has 1 aliphatic heterocycles. The second-order valence-electron chi connectivity index (χ2n) is 28.2. The zero-order chi connectivity index (χ0) is 82.6. The second kappa shape index (κ2) is 47.3. The summed E-state index contributed by atoms with van der Waals surface area (Å²) in [6.45, 7) is 11.4. The summed E-state index contributed by atoms with van der Waals surface area (Å²) in [5, 5.41) is 57.2. The maximum absolute atomic E-state index is 15.3. The maximum Gasteiger partial charge on any atom is 0.326 e. The third kappa shape index (κ3) is 33.4. The average molecular weight is 1570 g/mol. The fourth-order valence-electron chi connectivity index (χ4n) is 11.6. The van der Waals surface area contributed by atoms with Gasteiger partial charge in [0.15, 0.2) is 5.96 Å². The highest BCUT2D eigenvalue weighted by Crippen LogP contribution is 2.22. The Morgan fingerprint density at radius 1 is 0.509 bits per heavy atom. The number of nitrogens with one attached hydrogen (secondary N) is 11. The van der Waals surface area contributed by atoms with Gasteiger partial charge in [0.25, 0.3) is 0 Å². The minimum absolute atomic E-state index is 0.00183. The molecule has 26 N–H and O–H groups in total.